The Bertz CT molecular complexity index is 521. The number of fused-ring (bicyclic) bond motifs is 1. The first-order valence-electron chi connectivity index (χ1n) is 6.40. The summed E-state index contributed by atoms with van der Waals surface area (Å²) >= 11 is 2.69. The molecule has 1 saturated heterocycles. The third-order valence-electron chi connectivity index (χ3n) is 3.24. The summed E-state index contributed by atoms with van der Waals surface area (Å²) in [6, 6.07) is 0. The molecular formula is C12H17N3O4S2. The molecule has 0 bridgehead atoms. The lowest BCUT2D eigenvalue weighted by molar-refractivity contribution is -0.156. The molecular weight excluding hydrogens is 314 g/mol. The SMILES string of the molecule is CC(CN=CN)SC1=C(C(=O)O)N2C(=O)C(C(C)O)[C@H]2S1. The molecule has 1 fully saturated rings. The maximum Gasteiger partial charge on any atom is 0.354 e. The molecule has 0 saturated carbocycles. The molecule has 0 aliphatic carbocycles. The van der Waals surface area contributed by atoms with Crippen molar-refractivity contribution in [1.29, 1.82) is 0 Å². The van der Waals surface area contributed by atoms with Gasteiger partial charge in [-0.3, -0.25) is 14.7 Å². The zero-order valence-corrected chi connectivity index (χ0v) is 13.2. The fourth-order valence-corrected chi connectivity index (χ4v) is 5.42. The van der Waals surface area contributed by atoms with Crippen molar-refractivity contribution in [3.05, 3.63) is 9.93 Å². The van der Waals surface area contributed by atoms with E-state index in [2.05, 4.69) is 4.99 Å². The molecule has 7 nitrogen and oxygen atoms in total. The summed E-state index contributed by atoms with van der Waals surface area (Å²) in [4.78, 5) is 28.6. The number of rotatable bonds is 6. The molecule has 116 valence electrons. The van der Waals surface area contributed by atoms with Gasteiger partial charge in [0, 0.05) is 5.25 Å². The van der Waals surface area contributed by atoms with E-state index in [0.29, 0.717) is 10.8 Å². The number of aliphatic imine (C=N–C) groups is 1. The highest BCUT2D eigenvalue weighted by Gasteiger charge is 2.57. The molecule has 2 aliphatic rings. The van der Waals surface area contributed by atoms with E-state index >= 15 is 0 Å². The van der Waals surface area contributed by atoms with Crippen LogP contribution in [0.1, 0.15) is 13.8 Å². The number of amides is 1. The van der Waals surface area contributed by atoms with Gasteiger partial charge in [0.2, 0.25) is 5.91 Å². The van der Waals surface area contributed by atoms with Crippen molar-refractivity contribution in [2.45, 2.75) is 30.6 Å². The predicted molar refractivity (Wildman–Crippen MR) is 82.7 cm³/mol. The summed E-state index contributed by atoms with van der Waals surface area (Å²) < 4.78 is 0.587. The molecule has 9 heteroatoms. The summed E-state index contributed by atoms with van der Waals surface area (Å²) in [5.41, 5.74) is 5.21. The number of aliphatic hydroxyl groups is 1. The van der Waals surface area contributed by atoms with Gasteiger partial charge in [0.25, 0.3) is 0 Å². The molecule has 4 atom stereocenters. The number of carboxylic acids is 1. The molecule has 2 aliphatic heterocycles. The minimum Gasteiger partial charge on any atom is -0.477 e. The number of carbonyl (C=O) groups excluding carboxylic acids is 1. The maximum absolute atomic E-state index is 12.0. The second-order valence-electron chi connectivity index (χ2n) is 4.87. The van der Waals surface area contributed by atoms with Gasteiger partial charge in [0.05, 0.1) is 29.1 Å². The lowest BCUT2D eigenvalue weighted by atomic mass is 9.92. The van der Waals surface area contributed by atoms with Crippen molar-refractivity contribution < 1.29 is 19.8 Å². The number of nitrogens with zero attached hydrogens (tertiary/aromatic N) is 2. The van der Waals surface area contributed by atoms with Gasteiger partial charge in [-0.2, -0.15) is 0 Å². The Labute approximate surface area is 130 Å². The van der Waals surface area contributed by atoms with E-state index in [0.717, 1.165) is 0 Å². The van der Waals surface area contributed by atoms with Crippen LogP contribution in [-0.4, -0.2) is 56.6 Å². The lowest BCUT2D eigenvalue weighted by Crippen LogP contribution is -2.60. The minimum absolute atomic E-state index is 0.0143. The number of hydrogen-bond acceptors (Lipinski definition) is 6. The van der Waals surface area contributed by atoms with Gasteiger partial charge in [-0.05, 0) is 6.92 Å². The van der Waals surface area contributed by atoms with Crippen LogP contribution >= 0.6 is 23.5 Å². The molecule has 3 unspecified atom stereocenters. The zero-order chi connectivity index (χ0) is 15.7. The fraction of sp³-hybridized carbons (Fsp3) is 0.583. The van der Waals surface area contributed by atoms with Crippen LogP contribution < -0.4 is 5.73 Å². The average Bonchev–Trinajstić information content (AvgIpc) is 2.70. The largest absolute Gasteiger partial charge is 0.477 e. The number of nitrogens with two attached hydrogens (primary N) is 1. The van der Waals surface area contributed by atoms with Crippen LogP contribution in [0.25, 0.3) is 0 Å². The smallest absolute Gasteiger partial charge is 0.354 e. The Morgan fingerprint density at radius 3 is 2.81 bits per heavy atom. The first-order valence-corrected chi connectivity index (χ1v) is 8.16. The Morgan fingerprint density at radius 1 is 1.62 bits per heavy atom. The monoisotopic (exact) mass is 331 g/mol. The first kappa shape index (κ1) is 16.2. The number of aliphatic carboxylic acids is 1. The van der Waals surface area contributed by atoms with Crippen molar-refractivity contribution in [3.63, 3.8) is 0 Å². The normalized spacial score (nSPS) is 27.8. The highest BCUT2D eigenvalue weighted by molar-refractivity contribution is 8.23. The van der Waals surface area contributed by atoms with E-state index in [9.17, 15) is 19.8 Å². The molecule has 2 rings (SSSR count). The number of thioether (sulfide) groups is 2. The van der Waals surface area contributed by atoms with E-state index in [-0.39, 0.29) is 22.2 Å². The van der Waals surface area contributed by atoms with E-state index in [4.69, 9.17) is 5.73 Å². The topological polar surface area (TPSA) is 116 Å². The van der Waals surface area contributed by atoms with E-state index in [1.54, 1.807) is 6.92 Å². The van der Waals surface area contributed by atoms with Crippen LogP contribution in [0.15, 0.2) is 14.9 Å². The van der Waals surface area contributed by atoms with Gasteiger partial charge in [-0.15, -0.1) is 11.8 Å². The van der Waals surface area contributed by atoms with Gasteiger partial charge < -0.3 is 15.9 Å². The zero-order valence-electron chi connectivity index (χ0n) is 11.6. The number of carboxylic acid groups (broad SMARTS) is 1. The Hall–Kier alpha value is -1.19. The number of aliphatic hydroxyl groups excluding tert-OH is 1. The molecule has 0 aromatic rings. The molecule has 0 aromatic heterocycles. The van der Waals surface area contributed by atoms with Crippen molar-refractivity contribution in [1.82, 2.24) is 4.90 Å². The molecule has 21 heavy (non-hydrogen) atoms. The van der Waals surface area contributed by atoms with E-state index in [1.165, 1.54) is 34.8 Å². The van der Waals surface area contributed by atoms with Crippen molar-refractivity contribution >= 4 is 41.7 Å². The van der Waals surface area contributed by atoms with Gasteiger partial charge >= 0.3 is 5.97 Å². The van der Waals surface area contributed by atoms with Crippen LogP contribution in [0.3, 0.4) is 0 Å². The summed E-state index contributed by atoms with van der Waals surface area (Å²) in [6.45, 7) is 3.93. The lowest BCUT2D eigenvalue weighted by Gasteiger charge is -2.43. The van der Waals surface area contributed by atoms with Gasteiger partial charge in [-0.25, -0.2) is 4.79 Å². The number of β-lactam (4-membered cyclic amide) rings is 1. The molecule has 0 radical (unpaired) electrons. The molecule has 2 heterocycles. The van der Waals surface area contributed by atoms with Gasteiger partial charge in [-0.1, -0.05) is 18.7 Å². The summed E-state index contributed by atoms with van der Waals surface area (Å²) in [5.74, 6) is -2.00. The fourth-order valence-electron chi connectivity index (χ4n) is 2.26. The van der Waals surface area contributed by atoms with Crippen molar-refractivity contribution in [3.8, 4) is 0 Å². The Balaban J connectivity index is 2.17. The van der Waals surface area contributed by atoms with Crippen molar-refractivity contribution in [2.24, 2.45) is 16.6 Å². The van der Waals surface area contributed by atoms with Gasteiger partial charge in [0.15, 0.2) is 5.70 Å². The molecule has 4 N–H and O–H groups in total. The predicted octanol–water partition coefficient (Wildman–Crippen LogP) is 0.261. The third-order valence-corrected chi connectivity index (χ3v) is 5.93. The van der Waals surface area contributed by atoms with Crippen LogP contribution in [0.4, 0.5) is 0 Å². The van der Waals surface area contributed by atoms with E-state index < -0.39 is 18.0 Å². The highest BCUT2D eigenvalue weighted by atomic mass is 32.2. The Morgan fingerprint density at radius 2 is 2.29 bits per heavy atom. The highest BCUT2D eigenvalue weighted by Crippen LogP contribution is 2.54. The quantitative estimate of drug-likeness (QED) is 0.363. The van der Waals surface area contributed by atoms with Crippen LogP contribution in [-0.2, 0) is 9.59 Å². The Kier molecular flexibility index (Phi) is 4.84. The standard InChI is InChI=1S/C12H17N3O4S2/c1-5(3-14-4-13)20-12-8(11(18)19)15-9(17)7(6(2)16)10(15)21-12/h4-7,10,16H,3H2,1-2H3,(H2,13,14)(H,18,19)/t5?,6?,7?,10-/m1/s1. The summed E-state index contributed by atoms with van der Waals surface area (Å²) in [7, 11) is 0. The second-order valence-corrected chi connectivity index (χ2v) is 7.70. The second kappa shape index (κ2) is 6.29. The van der Waals surface area contributed by atoms with Gasteiger partial charge in [0.1, 0.15) is 5.37 Å². The molecule has 1 amide bonds. The summed E-state index contributed by atoms with van der Waals surface area (Å²) in [5, 5.41) is 18.7. The van der Waals surface area contributed by atoms with Crippen LogP contribution in [0, 0.1) is 5.92 Å². The average molecular weight is 331 g/mol. The summed E-state index contributed by atoms with van der Waals surface area (Å²) in [6.07, 6.45) is 0.427. The number of carbonyl (C=O) groups is 2. The minimum atomic E-state index is -1.13. The van der Waals surface area contributed by atoms with E-state index in [1.807, 2.05) is 6.92 Å². The first-order chi connectivity index (χ1) is 9.88. The van der Waals surface area contributed by atoms with Crippen molar-refractivity contribution in [2.75, 3.05) is 6.54 Å². The maximum atomic E-state index is 12.0. The third kappa shape index (κ3) is 2.90. The molecule has 0 spiro atoms. The van der Waals surface area contributed by atoms with Crippen LogP contribution in [0.2, 0.25) is 0 Å². The van der Waals surface area contributed by atoms with Crippen LogP contribution in [0.5, 0.6) is 0 Å². The number of hydrogen-bond donors (Lipinski definition) is 3. The molecule has 0 aromatic carbocycles.